The molecule has 2 N–H and O–H groups in total. The topological polar surface area (TPSA) is 127 Å². The minimum Gasteiger partial charge on any atom is -0.476 e. The molecule has 1 aromatic carbocycles. The lowest BCUT2D eigenvalue weighted by Gasteiger charge is -2.15. The maximum Gasteiger partial charge on any atom is 0.357 e. The average Bonchev–Trinajstić information content (AvgIpc) is 2.62. The first kappa shape index (κ1) is 16.2. The molecular formula is C16H13N5O4. The normalized spacial score (nSPS) is 11.9. The second kappa shape index (κ2) is 6.48. The Labute approximate surface area is 141 Å². The van der Waals surface area contributed by atoms with Crippen LogP contribution in [0.4, 0.5) is 5.95 Å². The molecule has 0 saturated heterocycles. The van der Waals surface area contributed by atoms with E-state index in [9.17, 15) is 19.5 Å². The Morgan fingerprint density at radius 3 is 2.40 bits per heavy atom. The maximum atomic E-state index is 12.6. The summed E-state index contributed by atoms with van der Waals surface area (Å²) in [6.07, 6.45) is 2.91. The van der Waals surface area contributed by atoms with Crippen molar-refractivity contribution in [1.82, 2.24) is 19.7 Å². The zero-order chi connectivity index (χ0) is 18.0. The summed E-state index contributed by atoms with van der Waals surface area (Å²) in [5.74, 6) is -1.80. The summed E-state index contributed by atoms with van der Waals surface area (Å²) in [7, 11) is 0. The van der Waals surface area contributed by atoms with Gasteiger partial charge >= 0.3 is 5.97 Å². The van der Waals surface area contributed by atoms with E-state index >= 15 is 0 Å². The van der Waals surface area contributed by atoms with Crippen molar-refractivity contribution < 1.29 is 14.7 Å². The van der Waals surface area contributed by atoms with E-state index in [2.05, 4.69) is 20.4 Å². The number of aromatic carboxylic acids is 1. The molecule has 0 saturated carbocycles. The molecule has 3 aromatic rings. The first-order valence-corrected chi connectivity index (χ1v) is 7.32. The van der Waals surface area contributed by atoms with Crippen LogP contribution >= 0.6 is 0 Å². The summed E-state index contributed by atoms with van der Waals surface area (Å²) >= 11 is 0. The molecule has 0 radical (unpaired) electrons. The fraction of sp³-hybridized carbons (Fsp3) is 0.125. The number of anilines is 1. The van der Waals surface area contributed by atoms with Gasteiger partial charge in [-0.2, -0.15) is 5.10 Å². The van der Waals surface area contributed by atoms with Crippen LogP contribution in [0, 0.1) is 0 Å². The van der Waals surface area contributed by atoms with Gasteiger partial charge in [-0.3, -0.25) is 14.9 Å². The molecule has 0 bridgehead atoms. The van der Waals surface area contributed by atoms with Crippen LogP contribution in [-0.2, 0) is 4.79 Å². The second-order valence-electron chi connectivity index (χ2n) is 5.19. The van der Waals surface area contributed by atoms with E-state index in [0.717, 1.165) is 4.68 Å². The highest BCUT2D eigenvalue weighted by Gasteiger charge is 2.23. The van der Waals surface area contributed by atoms with Crippen molar-refractivity contribution in [3.8, 4) is 0 Å². The maximum absolute atomic E-state index is 12.6. The molecule has 0 spiro atoms. The SMILES string of the molecule is CC(C(=O)Nc1ncccn1)n1nc(C(=O)O)c2ccccc2c1=O. The number of rotatable bonds is 4. The molecule has 2 heterocycles. The fourth-order valence-electron chi connectivity index (χ4n) is 2.32. The molecule has 0 aliphatic heterocycles. The van der Waals surface area contributed by atoms with Gasteiger partial charge < -0.3 is 5.11 Å². The molecule has 9 nitrogen and oxygen atoms in total. The Morgan fingerprint density at radius 2 is 1.76 bits per heavy atom. The third-order valence-electron chi connectivity index (χ3n) is 3.58. The summed E-state index contributed by atoms with van der Waals surface area (Å²) < 4.78 is 0.851. The molecule has 2 aromatic heterocycles. The van der Waals surface area contributed by atoms with Gasteiger partial charge in [0.05, 0.1) is 5.39 Å². The third kappa shape index (κ3) is 3.07. The van der Waals surface area contributed by atoms with Crippen LogP contribution in [0.2, 0.25) is 0 Å². The number of aromatic nitrogens is 4. The minimum absolute atomic E-state index is 0.0756. The number of fused-ring (bicyclic) bond motifs is 1. The van der Waals surface area contributed by atoms with Gasteiger partial charge in [-0.25, -0.2) is 19.4 Å². The number of carboxylic acid groups (broad SMARTS) is 1. The molecule has 9 heteroatoms. The predicted octanol–water partition coefficient (Wildman–Crippen LogP) is 1.08. The summed E-state index contributed by atoms with van der Waals surface area (Å²) in [6, 6.07) is 6.76. The molecule has 25 heavy (non-hydrogen) atoms. The molecule has 1 amide bonds. The standard InChI is InChI=1S/C16H13N5O4/c1-9(13(22)19-16-17-7-4-8-18-16)21-14(23)11-6-3-2-5-10(11)12(20-21)15(24)25/h2-9H,1H3,(H,24,25)(H,17,18,19,22). The highest BCUT2D eigenvalue weighted by atomic mass is 16.4. The second-order valence-corrected chi connectivity index (χ2v) is 5.19. The number of hydrogen-bond donors (Lipinski definition) is 2. The lowest BCUT2D eigenvalue weighted by molar-refractivity contribution is -0.119. The van der Waals surface area contributed by atoms with Gasteiger partial charge in [-0.15, -0.1) is 0 Å². The van der Waals surface area contributed by atoms with E-state index in [1.54, 1.807) is 18.2 Å². The van der Waals surface area contributed by atoms with Gasteiger partial charge in [0.1, 0.15) is 6.04 Å². The van der Waals surface area contributed by atoms with Crippen molar-refractivity contribution in [2.24, 2.45) is 0 Å². The number of carbonyl (C=O) groups excluding carboxylic acids is 1. The Bertz CT molecular complexity index is 1020. The number of nitrogens with one attached hydrogen (secondary N) is 1. The first-order chi connectivity index (χ1) is 12.0. The number of hydrogen-bond acceptors (Lipinski definition) is 6. The minimum atomic E-state index is -1.29. The average molecular weight is 339 g/mol. The number of carboxylic acids is 1. The molecule has 1 unspecified atom stereocenters. The monoisotopic (exact) mass is 339 g/mol. The molecule has 126 valence electrons. The van der Waals surface area contributed by atoms with Crippen LogP contribution in [0.25, 0.3) is 10.8 Å². The van der Waals surface area contributed by atoms with Gasteiger partial charge in [-0.1, -0.05) is 18.2 Å². The van der Waals surface area contributed by atoms with Crippen LogP contribution < -0.4 is 10.9 Å². The Kier molecular flexibility index (Phi) is 4.21. The van der Waals surface area contributed by atoms with E-state index in [1.807, 2.05) is 0 Å². The predicted molar refractivity (Wildman–Crippen MR) is 88.3 cm³/mol. The Balaban J connectivity index is 2.05. The Morgan fingerprint density at radius 1 is 1.12 bits per heavy atom. The zero-order valence-electron chi connectivity index (χ0n) is 13.1. The highest BCUT2D eigenvalue weighted by molar-refractivity contribution is 6.01. The fourth-order valence-corrected chi connectivity index (χ4v) is 2.32. The van der Waals surface area contributed by atoms with Gasteiger partial charge in [-0.05, 0) is 19.1 Å². The zero-order valence-corrected chi connectivity index (χ0v) is 13.1. The van der Waals surface area contributed by atoms with Gasteiger partial charge in [0.2, 0.25) is 5.95 Å². The van der Waals surface area contributed by atoms with Crippen molar-refractivity contribution >= 4 is 28.6 Å². The number of benzene rings is 1. The van der Waals surface area contributed by atoms with Crippen LogP contribution in [0.5, 0.6) is 0 Å². The summed E-state index contributed by atoms with van der Waals surface area (Å²) in [6.45, 7) is 1.44. The van der Waals surface area contributed by atoms with Gasteiger partial charge in [0, 0.05) is 17.8 Å². The molecule has 0 fully saturated rings. The smallest absolute Gasteiger partial charge is 0.357 e. The highest BCUT2D eigenvalue weighted by Crippen LogP contribution is 2.15. The molecule has 0 aliphatic carbocycles. The van der Waals surface area contributed by atoms with Crippen LogP contribution in [0.15, 0.2) is 47.5 Å². The lowest BCUT2D eigenvalue weighted by Crippen LogP contribution is -2.35. The first-order valence-electron chi connectivity index (χ1n) is 7.32. The van der Waals surface area contributed by atoms with Crippen LogP contribution in [0.1, 0.15) is 23.5 Å². The van der Waals surface area contributed by atoms with Crippen molar-refractivity contribution in [2.75, 3.05) is 5.32 Å². The van der Waals surface area contributed by atoms with Crippen LogP contribution in [-0.4, -0.2) is 36.7 Å². The summed E-state index contributed by atoms with van der Waals surface area (Å²) in [5.41, 5.74) is -0.858. The molecule has 0 aliphatic rings. The molecule has 1 atom stereocenters. The quantitative estimate of drug-likeness (QED) is 0.728. The van der Waals surface area contributed by atoms with Gasteiger partial charge in [0.25, 0.3) is 11.5 Å². The summed E-state index contributed by atoms with van der Waals surface area (Å²) in [4.78, 5) is 44.1. The van der Waals surface area contributed by atoms with Crippen molar-refractivity contribution in [1.29, 1.82) is 0 Å². The number of nitrogens with zero attached hydrogens (tertiary/aromatic N) is 4. The van der Waals surface area contributed by atoms with Crippen molar-refractivity contribution in [3.05, 3.63) is 58.8 Å². The lowest BCUT2D eigenvalue weighted by atomic mass is 10.1. The van der Waals surface area contributed by atoms with E-state index in [1.165, 1.54) is 31.5 Å². The molecule has 3 rings (SSSR count). The van der Waals surface area contributed by atoms with Crippen molar-refractivity contribution in [2.45, 2.75) is 13.0 Å². The van der Waals surface area contributed by atoms with E-state index < -0.39 is 23.5 Å². The number of amides is 1. The molecular weight excluding hydrogens is 326 g/mol. The van der Waals surface area contributed by atoms with E-state index in [-0.39, 0.29) is 22.4 Å². The summed E-state index contributed by atoms with van der Waals surface area (Å²) in [5, 5.41) is 16.1. The number of carbonyl (C=O) groups is 2. The largest absolute Gasteiger partial charge is 0.476 e. The van der Waals surface area contributed by atoms with Gasteiger partial charge in [0.15, 0.2) is 5.69 Å². The van der Waals surface area contributed by atoms with E-state index in [0.29, 0.717) is 0 Å². The van der Waals surface area contributed by atoms with E-state index in [4.69, 9.17) is 0 Å². The Hall–Kier alpha value is -3.62. The third-order valence-corrected chi connectivity index (χ3v) is 3.58. The van der Waals surface area contributed by atoms with Crippen molar-refractivity contribution in [3.63, 3.8) is 0 Å². The van der Waals surface area contributed by atoms with Crippen LogP contribution in [0.3, 0.4) is 0 Å².